The molecule has 0 fully saturated rings. The minimum absolute atomic E-state index is 0.0795. The van der Waals surface area contributed by atoms with Crippen molar-refractivity contribution in [2.45, 2.75) is 341 Å². The lowest BCUT2D eigenvalue weighted by Gasteiger charge is -2.24. The Morgan fingerprint density at radius 1 is 0.438 bits per heavy atom. The van der Waals surface area contributed by atoms with E-state index in [1.165, 1.54) is 218 Å². The fraction of sp³-hybridized carbons (Fsp3) is 0.931. The molecule has 64 heavy (non-hydrogen) atoms. The van der Waals surface area contributed by atoms with E-state index in [2.05, 4.69) is 38.2 Å². The molecule has 0 spiro atoms. The molecule has 3 atom stereocenters. The largest absolute Gasteiger partial charge is 0.462 e. The summed E-state index contributed by atoms with van der Waals surface area (Å²) < 4.78 is 5.96. The Hall–Kier alpha value is -1.40. The number of carbonyl (C=O) groups excluding carboxylic acids is 2. The van der Waals surface area contributed by atoms with Crippen molar-refractivity contribution in [1.82, 2.24) is 5.32 Å². The van der Waals surface area contributed by atoms with Gasteiger partial charge in [0, 0.05) is 6.42 Å². The van der Waals surface area contributed by atoms with E-state index >= 15 is 0 Å². The molecule has 6 nitrogen and oxygen atoms in total. The zero-order chi connectivity index (χ0) is 46.7. The van der Waals surface area contributed by atoms with Gasteiger partial charge in [0.2, 0.25) is 5.91 Å². The van der Waals surface area contributed by atoms with E-state index in [1.807, 2.05) is 0 Å². The van der Waals surface area contributed by atoms with Crippen LogP contribution in [0.1, 0.15) is 323 Å². The highest BCUT2D eigenvalue weighted by Crippen LogP contribution is 2.19. The summed E-state index contributed by atoms with van der Waals surface area (Å²) in [7, 11) is 0. The number of esters is 1. The maximum absolute atomic E-state index is 13.3. The topological polar surface area (TPSA) is 95.9 Å². The number of hydrogen-bond acceptors (Lipinski definition) is 5. The summed E-state index contributed by atoms with van der Waals surface area (Å²) in [4.78, 5) is 26.2. The molecule has 0 aromatic heterocycles. The lowest BCUT2D eigenvalue weighted by Crippen LogP contribution is -2.46. The van der Waals surface area contributed by atoms with Crippen LogP contribution in [0.2, 0.25) is 0 Å². The average molecular weight is 905 g/mol. The van der Waals surface area contributed by atoms with Crippen LogP contribution >= 0.6 is 0 Å². The first-order valence-electron chi connectivity index (χ1n) is 28.9. The van der Waals surface area contributed by atoms with Crippen molar-refractivity contribution in [2.75, 3.05) is 6.61 Å². The van der Waals surface area contributed by atoms with E-state index in [-0.39, 0.29) is 24.9 Å². The quantitative estimate of drug-likeness (QED) is 0.0321. The summed E-state index contributed by atoms with van der Waals surface area (Å²) in [5.41, 5.74) is 0. The summed E-state index contributed by atoms with van der Waals surface area (Å²) in [6, 6.07) is -0.699. The highest BCUT2D eigenvalue weighted by atomic mass is 16.5. The number of hydrogen-bond donors (Lipinski definition) is 3. The van der Waals surface area contributed by atoms with Gasteiger partial charge in [-0.15, -0.1) is 0 Å². The molecular formula is C58H113NO5. The molecule has 380 valence electrons. The molecule has 0 saturated carbocycles. The zero-order valence-electron chi connectivity index (χ0n) is 43.4. The normalized spacial score (nSPS) is 13.1. The van der Waals surface area contributed by atoms with Gasteiger partial charge in [0.25, 0.3) is 0 Å². The van der Waals surface area contributed by atoms with Crippen LogP contribution in [0.25, 0.3) is 0 Å². The Bertz CT molecular complexity index is 970. The first-order valence-corrected chi connectivity index (χ1v) is 28.9. The minimum Gasteiger partial charge on any atom is -0.462 e. The molecule has 1 amide bonds. The third kappa shape index (κ3) is 47.1. The molecule has 0 aliphatic rings. The first-order chi connectivity index (χ1) is 31.5. The second-order valence-corrected chi connectivity index (χ2v) is 20.1. The summed E-state index contributed by atoms with van der Waals surface area (Å²) in [6.45, 7) is 6.52. The van der Waals surface area contributed by atoms with E-state index in [1.54, 1.807) is 0 Å². The third-order valence-electron chi connectivity index (χ3n) is 13.6. The molecule has 0 aliphatic heterocycles. The highest BCUT2D eigenvalue weighted by molar-refractivity contribution is 5.77. The molecule has 6 heteroatoms. The van der Waals surface area contributed by atoms with Crippen LogP contribution in [0.15, 0.2) is 12.2 Å². The van der Waals surface area contributed by atoms with Crippen molar-refractivity contribution in [1.29, 1.82) is 0 Å². The van der Waals surface area contributed by atoms with Crippen LogP contribution in [0.3, 0.4) is 0 Å². The molecule has 3 N–H and O–H groups in total. The van der Waals surface area contributed by atoms with Gasteiger partial charge in [-0.05, 0) is 51.4 Å². The number of unbranched alkanes of at least 4 members (excludes halogenated alkanes) is 39. The van der Waals surface area contributed by atoms with Crippen LogP contribution in [0.4, 0.5) is 0 Å². The fourth-order valence-corrected chi connectivity index (χ4v) is 9.19. The van der Waals surface area contributed by atoms with Gasteiger partial charge in [-0.2, -0.15) is 0 Å². The number of nitrogens with one attached hydrogen (secondary N) is 1. The summed E-state index contributed by atoms with van der Waals surface area (Å²) in [5, 5.41) is 23.9. The van der Waals surface area contributed by atoms with Crippen LogP contribution in [-0.4, -0.2) is 46.9 Å². The van der Waals surface area contributed by atoms with Crippen LogP contribution in [-0.2, 0) is 14.3 Å². The van der Waals surface area contributed by atoms with E-state index in [0.29, 0.717) is 19.3 Å². The van der Waals surface area contributed by atoms with Gasteiger partial charge in [0.05, 0.1) is 25.2 Å². The molecule has 0 heterocycles. The summed E-state index contributed by atoms with van der Waals surface area (Å²) in [6.07, 6.45) is 59.9. The second-order valence-electron chi connectivity index (χ2n) is 20.1. The minimum atomic E-state index is -0.785. The van der Waals surface area contributed by atoms with E-state index < -0.39 is 18.2 Å². The molecule has 0 rings (SSSR count). The second kappa shape index (κ2) is 52.6. The summed E-state index contributed by atoms with van der Waals surface area (Å²) >= 11 is 0. The van der Waals surface area contributed by atoms with Crippen molar-refractivity contribution < 1.29 is 24.5 Å². The average Bonchev–Trinajstić information content (AvgIpc) is 3.29. The van der Waals surface area contributed by atoms with Crippen molar-refractivity contribution >= 4 is 11.9 Å². The fourth-order valence-electron chi connectivity index (χ4n) is 9.19. The van der Waals surface area contributed by atoms with Gasteiger partial charge in [-0.1, -0.05) is 270 Å². The smallest absolute Gasteiger partial charge is 0.306 e. The predicted molar refractivity (Wildman–Crippen MR) is 278 cm³/mol. The Balaban J connectivity index is 4.49. The molecule has 0 aromatic rings. The predicted octanol–water partition coefficient (Wildman–Crippen LogP) is 17.7. The lowest BCUT2D eigenvalue weighted by atomic mass is 10.0. The maximum atomic E-state index is 13.3. The Morgan fingerprint density at radius 3 is 1.11 bits per heavy atom. The zero-order valence-corrected chi connectivity index (χ0v) is 43.4. The number of carbonyl (C=O) groups is 2. The SMILES string of the molecule is CCCCCCCC/C=C/CCCCCCCC(CC(=O)NC(CO)C(O)CCCCCCCCCCCCCCCCCCC)OC(=O)CCCCCCCCCCCCCCC. The van der Waals surface area contributed by atoms with Crippen LogP contribution < -0.4 is 5.32 Å². The monoisotopic (exact) mass is 904 g/mol. The van der Waals surface area contributed by atoms with Gasteiger partial charge in [0.15, 0.2) is 0 Å². The summed E-state index contributed by atoms with van der Waals surface area (Å²) in [5.74, 6) is -0.460. The van der Waals surface area contributed by atoms with E-state index in [9.17, 15) is 19.8 Å². The van der Waals surface area contributed by atoms with Crippen molar-refractivity contribution in [2.24, 2.45) is 0 Å². The van der Waals surface area contributed by atoms with Crippen LogP contribution in [0, 0.1) is 0 Å². The van der Waals surface area contributed by atoms with Crippen molar-refractivity contribution in [3.05, 3.63) is 12.2 Å². The number of rotatable bonds is 53. The maximum Gasteiger partial charge on any atom is 0.306 e. The molecule has 3 unspecified atom stereocenters. The Kier molecular flexibility index (Phi) is 51.4. The van der Waals surface area contributed by atoms with Gasteiger partial charge in [0.1, 0.15) is 6.10 Å². The number of amides is 1. The molecular weight excluding hydrogens is 791 g/mol. The molecule has 0 bridgehead atoms. The number of ether oxygens (including phenoxy) is 1. The van der Waals surface area contributed by atoms with Gasteiger partial charge >= 0.3 is 5.97 Å². The highest BCUT2D eigenvalue weighted by Gasteiger charge is 2.24. The van der Waals surface area contributed by atoms with E-state index in [0.717, 1.165) is 57.8 Å². The Labute approximate surface area is 399 Å². The van der Waals surface area contributed by atoms with Crippen molar-refractivity contribution in [3.8, 4) is 0 Å². The molecule has 0 aliphatic carbocycles. The lowest BCUT2D eigenvalue weighted by molar-refractivity contribution is -0.151. The van der Waals surface area contributed by atoms with Crippen LogP contribution in [0.5, 0.6) is 0 Å². The molecule has 0 saturated heterocycles. The number of aliphatic hydroxyl groups is 2. The molecule has 0 radical (unpaired) electrons. The number of aliphatic hydroxyl groups excluding tert-OH is 2. The number of allylic oxidation sites excluding steroid dienone is 2. The van der Waals surface area contributed by atoms with Crippen molar-refractivity contribution in [3.63, 3.8) is 0 Å². The third-order valence-corrected chi connectivity index (χ3v) is 13.6. The van der Waals surface area contributed by atoms with Gasteiger partial charge < -0.3 is 20.3 Å². The molecule has 0 aromatic carbocycles. The van der Waals surface area contributed by atoms with Gasteiger partial charge in [-0.25, -0.2) is 0 Å². The van der Waals surface area contributed by atoms with Gasteiger partial charge in [-0.3, -0.25) is 9.59 Å². The standard InChI is InChI=1S/C58H113NO5/c1-4-7-10-13-16-19-22-25-27-28-30-33-35-38-41-44-47-50-56(61)55(53-60)59-57(62)52-54(49-46-43-40-37-34-32-29-26-23-20-17-14-11-8-5-2)64-58(63)51-48-45-42-39-36-31-24-21-18-15-12-9-6-3/h26,29,54-56,60-61H,4-25,27-28,30-53H2,1-3H3,(H,59,62)/b29-26+. The van der Waals surface area contributed by atoms with E-state index in [4.69, 9.17) is 4.74 Å². The first kappa shape index (κ1) is 62.6. The Morgan fingerprint density at radius 2 is 0.750 bits per heavy atom.